The van der Waals surface area contributed by atoms with Crippen molar-refractivity contribution in [2.24, 2.45) is 0 Å². The van der Waals surface area contributed by atoms with Crippen molar-refractivity contribution in [3.8, 4) is 5.75 Å². The van der Waals surface area contributed by atoms with Gasteiger partial charge in [0.1, 0.15) is 5.75 Å². The van der Waals surface area contributed by atoms with Gasteiger partial charge in [-0.25, -0.2) is 0 Å². The highest BCUT2D eigenvalue weighted by atomic mass is 16.5. The van der Waals surface area contributed by atoms with Crippen molar-refractivity contribution in [1.29, 1.82) is 0 Å². The maximum absolute atomic E-state index is 5.50. The molecule has 2 unspecified atom stereocenters. The SMILES string of the molecule is CCNC1CCC(C)(c2ccc(OCC)cc2)C1. The van der Waals surface area contributed by atoms with Crippen molar-refractivity contribution in [2.75, 3.05) is 13.2 Å². The van der Waals surface area contributed by atoms with Crippen LogP contribution in [-0.4, -0.2) is 19.2 Å². The van der Waals surface area contributed by atoms with E-state index in [1.807, 2.05) is 6.92 Å². The van der Waals surface area contributed by atoms with Crippen LogP contribution in [0, 0.1) is 0 Å². The Balaban J connectivity index is 2.06. The van der Waals surface area contributed by atoms with Crippen LogP contribution < -0.4 is 10.1 Å². The number of rotatable bonds is 5. The summed E-state index contributed by atoms with van der Waals surface area (Å²) in [5, 5.41) is 3.58. The number of hydrogen-bond donors (Lipinski definition) is 1. The van der Waals surface area contributed by atoms with E-state index in [1.165, 1.54) is 24.8 Å². The van der Waals surface area contributed by atoms with Crippen molar-refractivity contribution in [3.05, 3.63) is 29.8 Å². The molecule has 0 saturated heterocycles. The summed E-state index contributed by atoms with van der Waals surface area (Å²) in [5.74, 6) is 0.978. The highest BCUT2D eigenvalue weighted by molar-refractivity contribution is 5.33. The molecule has 1 saturated carbocycles. The summed E-state index contributed by atoms with van der Waals surface area (Å²) in [6, 6.07) is 9.36. The molecule has 0 radical (unpaired) electrons. The van der Waals surface area contributed by atoms with Crippen molar-refractivity contribution in [2.45, 2.75) is 51.5 Å². The summed E-state index contributed by atoms with van der Waals surface area (Å²) in [7, 11) is 0. The van der Waals surface area contributed by atoms with Crippen molar-refractivity contribution >= 4 is 0 Å². The Kier molecular flexibility index (Phi) is 4.28. The van der Waals surface area contributed by atoms with Crippen LogP contribution in [0.3, 0.4) is 0 Å². The van der Waals surface area contributed by atoms with Gasteiger partial charge in [0.25, 0.3) is 0 Å². The maximum Gasteiger partial charge on any atom is 0.119 e. The quantitative estimate of drug-likeness (QED) is 0.859. The molecular weight excluding hydrogens is 222 g/mol. The predicted molar refractivity (Wildman–Crippen MR) is 76.3 cm³/mol. The zero-order valence-corrected chi connectivity index (χ0v) is 11.8. The fraction of sp³-hybridized carbons (Fsp3) is 0.625. The Bertz CT molecular complexity index is 373. The lowest BCUT2D eigenvalue weighted by molar-refractivity contribution is 0.339. The van der Waals surface area contributed by atoms with Crippen LogP contribution in [0.1, 0.15) is 45.6 Å². The smallest absolute Gasteiger partial charge is 0.119 e. The highest BCUT2D eigenvalue weighted by Gasteiger charge is 2.35. The van der Waals surface area contributed by atoms with Crippen molar-refractivity contribution in [1.82, 2.24) is 5.32 Å². The zero-order chi connectivity index (χ0) is 13.0. The maximum atomic E-state index is 5.50. The topological polar surface area (TPSA) is 21.3 Å². The molecule has 0 bridgehead atoms. The fourth-order valence-electron chi connectivity index (χ4n) is 3.09. The number of nitrogens with one attached hydrogen (secondary N) is 1. The molecule has 0 aromatic heterocycles. The summed E-state index contributed by atoms with van der Waals surface area (Å²) in [6.07, 6.45) is 3.81. The lowest BCUT2D eigenvalue weighted by Gasteiger charge is -2.25. The standard InChI is InChI=1S/C16H25NO/c1-4-17-14-10-11-16(3,12-14)13-6-8-15(9-7-13)18-5-2/h6-9,14,17H,4-5,10-12H2,1-3H3. The van der Waals surface area contributed by atoms with E-state index in [2.05, 4.69) is 43.4 Å². The second-order valence-electron chi connectivity index (χ2n) is 5.52. The molecule has 0 amide bonds. The van der Waals surface area contributed by atoms with Crippen LogP contribution in [0.2, 0.25) is 0 Å². The van der Waals surface area contributed by atoms with Gasteiger partial charge in [0.15, 0.2) is 0 Å². The first-order valence-electron chi connectivity index (χ1n) is 7.14. The minimum Gasteiger partial charge on any atom is -0.494 e. The lowest BCUT2D eigenvalue weighted by atomic mass is 9.81. The first-order valence-corrected chi connectivity index (χ1v) is 7.14. The van der Waals surface area contributed by atoms with E-state index in [0.29, 0.717) is 11.5 Å². The predicted octanol–water partition coefficient (Wildman–Crippen LogP) is 3.51. The van der Waals surface area contributed by atoms with Gasteiger partial charge in [-0.15, -0.1) is 0 Å². The van der Waals surface area contributed by atoms with Gasteiger partial charge < -0.3 is 10.1 Å². The van der Waals surface area contributed by atoms with Gasteiger partial charge in [0, 0.05) is 6.04 Å². The second kappa shape index (κ2) is 5.75. The summed E-state index contributed by atoms with van der Waals surface area (Å²) in [5.41, 5.74) is 1.78. The number of hydrogen-bond acceptors (Lipinski definition) is 2. The Hall–Kier alpha value is -1.02. The Morgan fingerprint density at radius 3 is 2.61 bits per heavy atom. The molecule has 0 heterocycles. The zero-order valence-electron chi connectivity index (χ0n) is 11.8. The highest BCUT2D eigenvalue weighted by Crippen LogP contribution is 2.41. The molecule has 0 spiro atoms. The molecule has 0 aliphatic heterocycles. The third-order valence-electron chi connectivity index (χ3n) is 4.10. The molecule has 1 fully saturated rings. The van der Waals surface area contributed by atoms with Gasteiger partial charge in [-0.3, -0.25) is 0 Å². The lowest BCUT2D eigenvalue weighted by Crippen LogP contribution is -2.28. The van der Waals surface area contributed by atoms with Crippen molar-refractivity contribution < 1.29 is 4.74 Å². The minimum absolute atomic E-state index is 0.331. The molecule has 2 heteroatoms. The van der Waals surface area contributed by atoms with Crippen LogP contribution in [0.5, 0.6) is 5.75 Å². The molecular formula is C16H25NO. The molecule has 18 heavy (non-hydrogen) atoms. The van der Waals surface area contributed by atoms with Crippen LogP contribution >= 0.6 is 0 Å². The van der Waals surface area contributed by atoms with Gasteiger partial charge in [0.2, 0.25) is 0 Å². The van der Waals surface area contributed by atoms with Crippen LogP contribution in [0.4, 0.5) is 0 Å². The van der Waals surface area contributed by atoms with E-state index in [4.69, 9.17) is 4.74 Å². The molecule has 100 valence electrons. The van der Waals surface area contributed by atoms with Crippen LogP contribution in [0.15, 0.2) is 24.3 Å². The third-order valence-corrected chi connectivity index (χ3v) is 4.10. The summed E-state index contributed by atoms with van der Waals surface area (Å²) >= 11 is 0. The normalized spacial score (nSPS) is 27.4. The number of benzene rings is 1. The largest absolute Gasteiger partial charge is 0.494 e. The minimum atomic E-state index is 0.331. The molecule has 1 aliphatic carbocycles. The van der Waals surface area contributed by atoms with Gasteiger partial charge in [-0.05, 0) is 55.8 Å². The van der Waals surface area contributed by atoms with Crippen LogP contribution in [0.25, 0.3) is 0 Å². The van der Waals surface area contributed by atoms with Gasteiger partial charge in [-0.2, -0.15) is 0 Å². The molecule has 2 atom stereocenters. The summed E-state index contributed by atoms with van der Waals surface area (Å²) < 4.78 is 5.50. The molecule has 1 aliphatic rings. The molecule has 1 aromatic rings. The van der Waals surface area contributed by atoms with E-state index < -0.39 is 0 Å². The van der Waals surface area contributed by atoms with Gasteiger partial charge >= 0.3 is 0 Å². The second-order valence-corrected chi connectivity index (χ2v) is 5.52. The summed E-state index contributed by atoms with van der Waals surface area (Å²) in [6.45, 7) is 8.41. The molecule has 2 rings (SSSR count). The van der Waals surface area contributed by atoms with Gasteiger partial charge in [0.05, 0.1) is 6.61 Å². The molecule has 1 N–H and O–H groups in total. The Morgan fingerprint density at radius 2 is 2.00 bits per heavy atom. The summed E-state index contributed by atoms with van der Waals surface area (Å²) in [4.78, 5) is 0. The number of ether oxygens (including phenoxy) is 1. The average Bonchev–Trinajstić information content (AvgIpc) is 2.74. The molecule has 1 aromatic carbocycles. The van der Waals surface area contributed by atoms with E-state index in [0.717, 1.165) is 18.9 Å². The molecule has 2 nitrogen and oxygen atoms in total. The third kappa shape index (κ3) is 2.86. The first-order chi connectivity index (χ1) is 8.68. The first kappa shape index (κ1) is 13.4. The fourth-order valence-corrected chi connectivity index (χ4v) is 3.09. The van der Waals surface area contributed by atoms with Crippen molar-refractivity contribution in [3.63, 3.8) is 0 Å². The Labute approximate surface area is 111 Å². The van der Waals surface area contributed by atoms with E-state index >= 15 is 0 Å². The van der Waals surface area contributed by atoms with E-state index in [-0.39, 0.29) is 0 Å². The van der Waals surface area contributed by atoms with E-state index in [1.54, 1.807) is 0 Å². The monoisotopic (exact) mass is 247 g/mol. The van der Waals surface area contributed by atoms with Crippen LogP contribution in [-0.2, 0) is 5.41 Å². The Morgan fingerprint density at radius 1 is 1.28 bits per heavy atom. The average molecular weight is 247 g/mol. The van der Waals surface area contributed by atoms with E-state index in [9.17, 15) is 0 Å². The van der Waals surface area contributed by atoms with Gasteiger partial charge in [-0.1, -0.05) is 26.0 Å².